The molecule has 19 heavy (non-hydrogen) atoms. The van der Waals surface area contributed by atoms with Crippen LogP contribution < -0.4 is 5.73 Å². The van der Waals surface area contributed by atoms with Crippen molar-refractivity contribution in [1.82, 2.24) is 4.90 Å². The third-order valence-electron chi connectivity index (χ3n) is 4.52. The van der Waals surface area contributed by atoms with E-state index >= 15 is 0 Å². The molecular weight excluding hydrogens is 232 g/mol. The summed E-state index contributed by atoms with van der Waals surface area (Å²) in [5.41, 5.74) is 8.77. The molecule has 1 aromatic rings. The molecule has 1 aliphatic heterocycles. The van der Waals surface area contributed by atoms with Gasteiger partial charge < -0.3 is 5.73 Å². The number of likely N-dealkylation sites (tertiary alicyclic amines) is 1. The number of aryl methyl sites for hydroxylation is 1. The molecule has 1 atom stereocenters. The van der Waals surface area contributed by atoms with E-state index in [2.05, 4.69) is 49.9 Å². The first-order valence-electron chi connectivity index (χ1n) is 7.52. The lowest BCUT2D eigenvalue weighted by molar-refractivity contribution is 0.0379. The van der Waals surface area contributed by atoms with Crippen molar-refractivity contribution in [3.63, 3.8) is 0 Å². The second-order valence-corrected chi connectivity index (χ2v) is 6.66. The van der Waals surface area contributed by atoms with E-state index in [-0.39, 0.29) is 0 Å². The molecule has 2 nitrogen and oxygen atoms in total. The first-order valence-corrected chi connectivity index (χ1v) is 7.52. The van der Waals surface area contributed by atoms with E-state index < -0.39 is 0 Å². The van der Waals surface area contributed by atoms with Crippen LogP contribution in [0.15, 0.2) is 24.3 Å². The van der Waals surface area contributed by atoms with Crippen molar-refractivity contribution in [1.29, 1.82) is 0 Å². The third-order valence-corrected chi connectivity index (χ3v) is 4.52. The van der Waals surface area contributed by atoms with Crippen molar-refractivity contribution in [2.45, 2.75) is 52.1 Å². The van der Waals surface area contributed by atoms with Gasteiger partial charge in [-0.3, -0.25) is 4.90 Å². The summed E-state index contributed by atoms with van der Waals surface area (Å²) in [5.74, 6) is 0.814. The van der Waals surface area contributed by atoms with Gasteiger partial charge in [-0.15, -0.1) is 0 Å². The van der Waals surface area contributed by atoms with Gasteiger partial charge >= 0.3 is 0 Å². The van der Waals surface area contributed by atoms with Gasteiger partial charge in [-0.05, 0) is 64.6 Å². The Balaban J connectivity index is 1.99. The first-order chi connectivity index (χ1) is 9.01. The molecule has 1 unspecified atom stereocenters. The van der Waals surface area contributed by atoms with Crippen LogP contribution in [0.1, 0.15) is 44.2 Å². The first kappa shape index (κ1) is 14.5. The van der Waals surface area contributed by atoms with Gasteiger partial charge in [-0.1, -0.05) is 29.8 Å². The van der Waals surface area contributed by atoms with E-state index in [0.29, 0.717) is 5.54 Å². The van der Waals surface area contributed by atoms with Crippen molar-refractivity contribution in [3.8, 4) is 0 Å². The second kappa shape index (κ2) is 6.06. The molecule has 2 N–H and O–H groups in total. The predicted octanol–water partition coefficient (Wildman–Crippen LogP) is 3.33. The quantitative estimate of drug-likeness (QED) is 0.899. The van der Waals surface area contributed by atoms with Gasteiger partial charge in [0.25, 0.3) is 0 Å². The summed E-state index contributed by atoms with van der Waals surface area (Å²) in [5, 5.41) is 0. The normalized spacial score (nSPS) is 23.5. The molecule has 1 heterocycles. The second-order valence-electron chi connectivity index (χ2n) is 6.66. The van der Waals surface area contributed by atoms with Crippen molar-refractivity contribution in [3.05, 3.63) is 35.4 Å². The van der Waals surface area contributed by atoms with Gasteiger partial charge in [-0.25, -0.2) is 0 Å². The van der Waals surface area contributed by atoms with Crippen LogP contribution in [0.5, 0.6) is 0 Å². The molecule has 0 aromatic heterocycles. The minimum Gasteiger partial charge on any atom is -0.330 e. The van der Waals surface area contributed by atoms with E-state index in [1.54, 1.807) is 0 Å². The average Bonchev–Trinajstić information content (AvgIpc) is 2.35. The smallest absolute Gasteiger partial charge is 0.0239 e. The summed E-state index contributed by atoms with van der Waals surface area (Å²) in [4.78, 5) is 2.63. The lowest BCUT2D eigenvalue weighted by atomic mass is 9.81. The minimum atomic E-state index is 0.295. The lowest BCUT2D eigenvalue weighted by Crippen LogP contribution is -2.49. The highest BCUT2D eigenvalue weighted by molar-refractivity contribution is 5.21. The van der Waals surface area contributed by atoms with Crippen molar-refractivity contribution in [2.75, 3.05) is 13.1 Å². The molecule has 2 heteroatoms. The van der Waals surface area contributed by atoms with Crippen molar-refractivity contribution < 1.29 is 0 Å². The fraction of sp³-hybridized carbons (Fsp3) is 0.647. The number of benzene rings is 1. The molecule has 2 rings (SSSR count). The minimum absolute atomic E-state index is 0.295. The van der Waals surface area contributed by atoms with E-state index in [4.69, 9.17) is 5.73 Å². The maximum atomic E-state index is 5.71. The van der Waals surface area contributed by atoms with Gasteiger partial charge in [0.15, 0.2) is 0 Å². The highest BCUT2D eigenvalue weighted by Crippen LogP contribution is 2.33. The van der Waals surface area contributed by atoms with Gasteiger partial charge in [0.2, 0.25) is 0 Å². The van der Waals surface area contributed by atoms with Gasteiger partial charge in [0, 0.05) is 12.1 Å². The molecule has 1 fully saturated rings. The largest absolute Gasteiger partial charge is 0.330 e. The number of hydrogen-bond donors (Lipinski definition) is 1. The Kier molecular flexibility index (Phi) is 4.64. The van der Waals surface area contributed by atoms with Gasteiger partial charge in [0.05, 0.1) is 0 Å². The lowest BCUT2D eigenvalue weighted by Gasteiger charge is -2.46. The molecule has 0 spiro atoms. The monoisotopic (exact) mass is 260 g/mol. The topological polar surface area (TPSA) is 29.3 Å². The SMILES string of the molecule is Cc1ccc(CN2CCC(CCN)CC2(C)C)cc1. The van der Waals surface area contributed by atoms with Gasteiger partial charge in [-0.2, -0.15) is 0 Å². The number of piperidine rings is 1. The highest BCUT2D eigenvalue weighted by Gasteiger charge is 2.34. The Bertz CT molecular complexity index is 394. The Hall–Kier alpha value is -0.860. The number of rotatable bonds is 4. The molecule has 0 aliphatic carbocycles. The fourth-order valence-electron chi connectivity index (χ4n) is 3.27. The van der Waals surface area contributed by atoms with E-state index in [9.17, 15) is 0 Å². The predicted molar refractivity (Wildman–Crippen MR) is 82.1 cm³/mol. The maximum absolute atomic E-state index is 5.71. The van der Waals surface area contributed by atoms with Crippen LogP contribution in [0.3, 0.4) is 0 Å². The molecule has 1 aromatic carbocycles. The number of nitrogens with zero attached hydrogens (tertiary/aromatic N) is 1. The Morgan fingerprint density at radius 3 is 2.53 bits per heavy atom. The Morgan fingerprint density at radius 1 is 1.26 bits per heavy atom. The molecule has 0 amide bonds. The number of nitrogens with two attached hydrogens (primary N) is 1. The van der Waals surface area contributed by atoms with Crippen LogP contribution in [-0.2, 0) is 6.54 Å². The maximum Gasteiger partial charge on any atom is 0.0239 e. The zero-order valence-corrected chi connectivity index (χ0v) is 12.7. The molecule has 0 bridgehead atoms. The highest BCUT2D eigenvalue weighted by atomic mass is 15.2. The Morgan fingerprint density at radius 2 is 1.95 bits per heavy atom. The van der Waals surface area contributed by atoms with Crippen LogP contribution in [0, 0.1) is 12.8 Å². The van der Waals surface area contributed by atoms with Crippen molar-refractivity contribution in [2.24, 2.45) is 11.7 Å². The standard InChI is InChI=1S/C17H28N2/c1-14-4-6-16(7-5-14)13-19-11-9-15(8-10-18)12-17(19,2)3/h4-7,15H,8-13,18H2,1-3H3. The van der Waals surface area contributed by atoms with Crippen LogP contribution >= 0.6 is 0 Å². The zero-order valence-electron chi connectivity index (χ0n) is 12.7. The van der Waals surface area contributed by atoms with E-state index in [1.165, 1.54) is 36.9 Å². The summed E-state index contributed by atoms with van der Waals surface area (Å²) < 4.78 is 0. The van der Waals surface area contributed by atoms with Crippen LogP contribution in [0.2, 0.25) is 0 Å². The molecule has 0 radical (unpaired) electrons. The van der Waals surface area contributed by atoms with Crippen molar-refractivity contribution >= 4 is 0 Å². The fourth-order valence-corrected chi connectivity index (χ4v) is 3.27. The summed E-state index contributed by atoms with van der Waals surface area (Å²) >= 11 is 0. The third kappa shape index (κ3) is 3.80. The van der Waals surface area contributed by atoms with Crippen LogP contribution in [0.25, 0.3) is 0 Å². The zero-order chi connectivity index (χ0) is 13.9. The van der Waals surface area contributed by atoms with E-state index in [1.807, 2.05) is 0 Å². The Labute approximate surface area is 118 Å². The molecule has 1 aliphatic rings. The molecular formula is C17H28N2. The number of hydrogen-bond acceptors (Lipinski definition) is 2. The molecule has 1 saturated heterocycles. The van der Waals surface area contributed by atoms with Crippen LogP contribution in [0.4, 0.5) is 0 Å². The molecule has 0 saturated carbocycles. The van der Waals surface area contributed by atoms with Crippen LogP contribution in [-0.4, -0.2) is 23.5 Å². The van der Waals surface area contributed by atoms with E-state index in [0.717, 1.165) is 19.0 Å². The summed E-state index contributed by atoms with van der Waals surface area (Å²) in [6.45, 7) is 10.0. The van der Waals surface area contributed by atoms with Gasteiger partial charge in [0.1, 0.15) is 0 Å². The average molecular weight is 260 g/mol. The summed E-state index contributed by atoms with van der Waals surface area (Å²) in [7, 11) is 0. The molecule has 106 valence electrons. The summed E-state index contributed by atoms with van der Waals surface area (Å²) in [6.07, 6.45) is 3.75. The summed E-state index contributed by atoms with van der Waals surface area (Å²) in [6, 6.07) is 8.95.